The molecule has 0 unspecified atom stereocenters. The van der Waals surface area contributed by atoms with Gasteiger partial charge in [0.2, 0.25) is 0 Å². The number of benzene rings is 3. The summed E-state index contributed by atoms with van der Waals surface area (Å²) in [7, 11) is 0. The van der Waals surface area contributed by atoms with Crippen LogP contribution in [0.5, 0.6) is 5.75 Å². The van der Waals surface area contributed by atoms with Crippen molar-refractivity contribution in [3.63, 3.8) is 0 Å². The maximum Gasteiger partial charge on any atom is 0.255 e. The van der Waals surface area contributed by atoms with E-state index in [0.717, 1.165) is 18.4 Å². The molecule has 0 atom stereocenters. The zero-order valence-electron chi connectivity index (χ0n) is 14.9. The summed E-state index contributed by atoms with van der Waals surface area (Å²) in [6, 6.07) is 25.4. The minimum absolute atomic E-state index is 0.134. The highest BCUT2D eigenvalue weighted by molar-refractivity contribution is 6.05. The molecule has 0 aromatic heterocycles. The van der Waals surface area contributed by atoms with Crippen LogP contribution in [0, 0.1) is 6.92 Å². The van der Waals surface area contributed by atoms with Gasteiger partial charge in [-0.15, -0.1) is 0 Å². The van der Waals surface area contributed by atoms with E-state index in [1.807, 2.05) is 73.7 Å². The lowest BCUT2D eigenvalue weighted by Crippen LogP contribution is -2.13. The normalized spacial score (nSPS) is 10.3. The molecule has 0 heterocycles. The van der Waals surface area contributed by atoms with Crippen LogP contribution in [0.1, 0.15) is 27.9 Å². The number of rotatable bonds is 7. The number of ether oxygens (including phenoxy) is 1. The molecule has 3 rings (SSSR count). The molecule has 0 saturated carbocycles. The predicted octanol–water partition coefficient (Wildman–Crippen LogP) is 5.26. The van der Waals surface area contributed by atoms with E-state index in [9.17, 15) is 4.79 Å². The fraction of sp³-hybridized carbons (Fsp3) is 0.174. The van der Waals surface area contributed by atoms with Gasteiger partial charge in [0, 0.05) is 5.56 Å². The van der Waals surface area contributed by atoms with Crippen molar-refractivity contribution in [2.45, 2.75) is 19.8 Å². The number of amides is 1. The molecule has 3 nitrogen and oxygen atoms in total. The highest BCUT2D eigenvalue weighted by atomic mass is 16.5. The van der Waals surface area contributed by atoms with Crippen molar-refractivity contribution in [2.24, 2.45) is 0 Å². The lowest BCUT2D eigenvalue weighted by molar-refractivity contribution is 0.102. The van der Waals surface area contributed by atoms with Crippen LogP contribution in [0.2, 0.25) is 0 Å². The number of hydrogen-bond acceptors (Lipinski definition) is 2. The molecule has 0 bridgehead atoms. The van der Waals surface area contributed by atoms with Crippen molar-refractivity contribution in [2.75, 3.05) is 11.9 Å². The number of anilines is 1. The van der Waals surface area contributed by atoms with E-state index in [2.05, 4.69) is 17.4 Å². The van der Waals surface area contributed by atoms with Gasteiger partial charge in [-0.25, -0.2) is 0 Å². The number of hydrogen-bond donors (Lipinski definition) is 1. The van der Waals surface area contributed by atoms with Gasteiger partial charge in [0.05, 0.1) is 12.3 Å². The highest BCUT2D eigenvalue weighted by Gasteiger charge is 2.09. The van der Waals surface area contributed by atoms with Crippen molar-refractivity contribution >= 4 is 11.6 Å². The van der Waals surface area contributed by atoms with Gasteiger partial charge in [-0.3, -0.25) is 4.79 Å². The van der Waals surface area contributed by atoms with Crippen LogP contribution in [-0.2, 0) is 6.42 Å². The number of nitrogens with one attached hydrogen (secondary N) is 1. The molecule has 1 N–H and O–H groups in total. The first-order valence-corrected chi connectivity index (χ1v) is 8.86. The van der Waals surface area contributed by atoms with E-state index < -0.39 is 0 Å². The lowest BCUT2D eigenvalue weighted by Gasteiger charge is -2.12. The Balaban J connectivity index is 1.57. The summed E-state index contributed by atoms with van der Waals surface area (Å²) in [5, 5.41) is 2.94. The fourth-order valence-corrected chi connectivity index (χ4v) is 2.70. The van der Waals surface area contributed by atoms with Crippen LogP contribution in [0.3, 0.4) is 0 Å². The summed E-state index contributed by atoms with van der Waals surface area (Å²) in [5.41, 5.74) is 3.76. The van der Waals surface area contributed by atoms with Gasteiger partial charge in [-0.05, 0) is 49.6 Å². The predicted molar refractivity (Wildman–Crippen MR) is 106 cm³/mol. The maximum absolute atomic E-state index is 12.4. The van der Waals surface area contributed by atoms with Gasteiger partial charge in [0.1, 0.15) is 5.75 Å². The third-order valence-electron chi connectivity index (χ3n) is 4.16. The fourth-order valence-electron chi connectivity index (χ4n) is 2.70. The van der Waals surface area contributed by atoms with Crippen LogP contribution in [0.25, 0.3) is 0 Å². The molecule has 0 spiro atoms. The van der Waals surface area contributed by atoms with Crippen LogP contribution in [0.4, 0.5) is 5.69 Å². The van der Waals surface area contributed by atoms with Crippen molar-refractivity contribution in [3.05, 3.63) is 95.6 Å². The number of carbonyl (C=O) groups excluding carboxylic acids is 1. The second kappa shape index (κ2) is 8.86. The largest absolute Gasteiger partial charge is 0.491 e. The highest BCUT2D eigenvalue weighted by Crippen LogP contribution is 2.24. The average molecular weight is 345 g/mol. The van der Waals surface area contributed by atoms with Crippen LogP contribution < -0.4 is 10.1 Å². The molecule has 1 amide bonds. The van der Waals surface area contributed by atoms with E-state index in [4.69, 9.17) is 4.74 Å². The first-order valence-electron chi connectivity index (χ1n) is 8.86. The monoisotopic (exact) mass is 345 g/mol. The molecule has 0 aliphatic heterocycles. The van der Waals surface area contributed by atoms with Gasteiger partial charge in [0.25, 0.3) is 5.91 Å². The van der Waals surface area contributed by atoms with Gasteiger partial charge >= 0.3 is 0 Å². The van der Waals surface area contributed by atoms with Crippen molar-refractivity contribution in [3.8, 4) is 5.75 Å². The molecule has 0 aliphatic rings. The molecule has 0 aliphatic carbocycles. The summed E-state index contributed by atoms with van der Waals surface area (Å²) in [6.45, 7) is 2.60. The zero-order valence-corrected chi connectivity index (χ0v) is 14.9. The van der Waals surface area contributed by atoms with Gasteiger partial charge in [-0.1, -0.05) is 60.2 Å². The number of para-hydroxylation sites is 2. The van der Waals surface area contributed by atoms with Crippen LogP contribution in [-0.4, -0.2) is 12.5 Å². The van der Waals surface area contributed by atoms with Crippen molar-refractivity contribution in [1.29, 1.82) is 0 Å². The summed E-state index contributed by atoms with van der Waals surface area (Å²) in [5.74, 6) is 0.561. The average Bonchev–Trinajstić information content (AvgIpc) is 2.68. The van der Waals surface area contributed by atoms with E-state index in [1.165, 1.54) is 5.56 Å². The maximum atomic E-state index is 12.4. The van der Waals surface area contributed by atoms with E-state index >= 15 is 0 Å². The summed E-state index contributed by atoms with van der Waals surface area (Å²) in [6.07, 6.45) is 1.89. The Morgan fingerprint density at radius 2 is 1.58 bits per heavy atom. The third-order valence-corrected chi connectivity index (χ3v) is 4.16. The van der Waals surface area contributed by atoms with Crippen LogP contribution in [0.15, 0.2) is 78.9 Å². The van der Waals surface area contributed by atoms with Gasteiger partial charge < -0.3 is 10.1 Å². The topological polar surface area (TPSA) is 38.3 Å². The molecule has 3 aromatic carbocycles. The smallest absolute Gasteiger partial charge is 0.255 e. The molecular formula is C23H23NO2. The Labute approximate surface area is 154 Å². The molecule has 132 valence electrons. The van der Waals surface area contributed by atoms with Crippen molar-refractivity contribution < 1.29 is 9.53 Å². The first-order chi connectivity index (χ1) is 12.7. The Bertz CT molecular complexity index is 842. The molecule has 3 heteroatoms. The molecule has 0 radical (unpaired) electrons. The van der Waals surface area contributed by atoms with Crippen molar-refractivity contribution in [1.82, 2.24) is 0 Å². The Hall–Kier alpha value is -3.07. The number of aryl methyl sites for hydroxylation is 2. The first kappa shape index (κ1) is 17.7. The minimum atomic E-state index is -0.134. The summed E-state index contributed by atoms with van der Waals surface area (Å²) < 4.78 is 5.90. The standard InChI is InChI=1S/C23H23NO2/c1-18-13-15-20(16-14-18)23(25)24-21-11-5-6-12-22(21)26-17-7-10-19-8-3-2-4-9-19/h2-6,8-9,11-16H,7,10,17H2,1H3,(H,24,25). The van der Waals surface area contributed by atoms with Gasteiger partial charge in [-0.2, -0.15) is 0 Å². The summed E-state index contributed by atoms with van der Waals surface area (Å²) in [4.78, 5) is 12.4. The number of carbonyl (C=O) groups is 1. The summed E-state index contributed by atoms with van der Waals surface area (Å²) >= 11 is 0. The van der Waals surface area contributed by atoms with Gasteiger partial charge in [0.15, 0.2) is 0 Å². The second-order valence-electron chi connectivity index (χ2n) is 6.25. The SMILES string of the molecule is Cc1ccc(C(=O)Nc2ccccc2OCCCc2ccccc2)cc1. The lowest BCUT2D eigenvalue weighted by atomic mass is 10.1. The quantitative estimate of drug-likeness (QED) is 0.593. The van der Waals surface area contributed by atoms with Crippen LogP contribution >= 0.6 is 0 Å². The third kappa shape index (κ3) is 4.96. The molecule has 3 aromatic rings. The molecular weight excluding hydrogens is 322 g/mol. The molecule has 26 heavy (non-hydrogen) atoms. The second-order valence-corrected chi connectivity index (χ2v) is 6.25. The van der Waals surface area contributed by atoms with E-state index in [1.54, 1.807) is 0 Å². The Kier molecular flexibility index (Phi) is 6.05. The molecule has 0 saturated heterocycles. The minimum Gasteiger partial charge on any atom is -0.491 e. The zero-order chi connectivity index (χ0) is 18.2. The molecule has 0 fully saturated rings. The van der Waals surface area contributed by atoms with E-state index in [-0.39, 0.29) is 5.91 Å². The van der Waals surface area contributed by atoms with E-state index in [0.29, 0.717) is 23.6 Å². The Morgan fingerprint density at radius 3 is 2.35 bits per heavy atom. The Morgan fingerprint density at radius 1 is 0.885 bits per heavy atom.